The molecule has 62 heavy (non-hydrogen) atoms. The van der Waals surface area contributed by atoms with Crippen LogP contribution in [0.5, 0.6) is 11.5 Å². The summed E-state index contributed by atoms with van der Waals surface area (Å²) < 4.78 is 7.09. The van der Waals surface area contributed by atoms with Crippen LogP contribution in [0.25, 0.3) is 67.2 Å². The Labute approximate surface area is 359 Å². The second-order valence-electron chi connectivity index (χ2n) is 15.4. The van der Waals surface area contributed by atoms with Crippen molar-refractivity contribution >= 4 is 10.8 Å². The summed E-state index contributed by atoms with van der Waals surface area (Å²) in [7, 11) is 0. The Morgan fingerprint density at radius 2 is 0.935 bits per heavy atom. The molecule has 0 saturated heterocycles. The molecule has 0 spiro atoms. The molecular formula is C57H36N4O. The van der Waals surface area contributed by atoms with Crippen molar-refractivity contribution in [1.82, 2.24) is 15.0 Å². The molecule has 0 radical (unpaired) electrons. The van der Waals surface area contributed by atoms with E-state index in [-0.39, 0.29) is 0 Å². The van der Waals surface area contributed by atoms with Gasteiger partial charge in [0.15, 0.2) is 17.5 Å². The molecule has 10 aromatic rings. The fraction of sp³-hybridized carbons (Fsp3) is 0.0175. The lowest BCUT2D eigenvalue weighted by molar-refractivity contribution is 0.440. The van der Waals surface area contributed by atoms with E-state index in [9.17, 15) is 5.26 Å². The van der Waals surface area contributed by atoms with Gasteiger partial charge in [-0.25, -0.2) is 15.0 Å². The molecule has 11 rings (SSSR count). The average Bonchev–Trinajstić information content (AvgIpc) is 3.36. The normalized spacial score (nSPS) is 12.4. The summed E-state index contributed by atoms with van der Waals surface area (Å²) in [5.41, 5.74) is 11.2. The van der Waals surface area contributed by atoms with Gasteiger partial charge in [-0.05, 0) is 81.2 Å². The molecule has 1 aliphatic heterocycles. The van der Waals surface area contributed by atoms with Gasteiger partial charge >= 0.3 is 0 Å². The topological polar surface area (TPSA) is 71.7 Å². The predicted octanol–water partition coefficient (Wildman–Crippen LogP) is 13.7. The van der Waals surface area contributed by atoms with Crippen LogP contribution in [0, 0.1) is 11.3 Å². The van der Waals surface area contributed by atoms with Crippen LogP contribution in [-0.4, -0.2) is 15.0 Å². The van der Waals surface area contributed by atoms with Crippen molar-refractivity contribution in [2.24, 2.45) is 0 Å². The van der Waals surface area contributed by atoms with E-state index in [0.29, 0.717) is 23.0 Å². The van der Waals surface area contributed by atoms with Crippen molar-refractivity contribution in [3.05, 3.63) is 246 Å². The van der Waals surface area contributed by atoms with Gasteiger partial charge in [0.2, 0.25) is 0 Å². The van der Waals surface area contributed by atoms with E-state index in [1.165, 1.54) is 0 Å². The van der Waals surface area contributed by atoms with E-state index in [4.69, 9.17) is 19.7 Å². The minimum atomic E-state index is -0.705. The van der Waals surface area contributed by atoms with Gasteiger partial charge in [0.25, 0.3) is 0 Å². The van der Waals surface area contributed by atoms with Crippen LogP contribution < -0.4 is 4.74 Å². The molecule has 0 aliphatic carbocycles. The molecule has 0 bridgehead atoms. The number of ether oxygens (including phenoxy) is 1. The van der Waals surface area contributed by atoms with Gasteiger partial charge in [-0.3, -0.25) is 0 Å². The summed E-state index contributed by atoms with van der Waals surface area (Å²) >= 11 is 0. The third kappa shape index (κ3) is 6.22. The van der Waals surface area contributed by atoms with Crippen molar-refractivity contribution in [3.63, 3.8) is 0 Å². The molecule has 0 fully saturated rings. The fourth-order valence-electron chi connectivity index (χ4n) is 9.03. The molecule has 9 aromatic carbocycles. The second-order valence-corrected chi connectivity index (χ2v) is 15.4. The van der Waals surface area contributed by atoms with Crippen molar-refractivity contribution in [2.45, 2.75) is 5.41 Å². The van der Waals surface area contributed by atoms with E-state index in [1.807, 2.05) is 48.5 Å². The second kappa shape index (κ2) is 15.3. The molecule has 290 valence electrons. The first kappa shape index (κ1) is 36.6. The zero-order valence-electron chi connectivity index (χ0n) is 33.5. The van der Waals surface area contributed by atoms with E-state index >= 15 is 0 Å². The number of aromatic nitrogens is 3. The van der Waals surface area contributed by atoms with E-state index in [2.05, 4.69) is 164 Å². The highest BCUT2D eigenvalue weighted by Gasteiger charge is 2.47. The Bertz CT molecular complexity index is 3280. The Morgan fingerprint density at radius 1 is 0.419 bits per heavy atom. The Balaban J connectivity index is 1.08. The number of rotatable bonds is 7. The van der Waals surface area contributed by atoms with Crippen LogP contribution in [0.3, 0.4) is 0 Å². The maximum absolute atomic E-state index is 9.43. The van der Waals surface area contributed by atoms with Gasteiger partial charge in [-0.15, -0.1) is 0 Å². The monoisotopic (exact) mass is 792 g/mol. The lowest BCUT2D eigenvalue weighted by atomic mass is 9.62. The molecule has 0 amide bonds. The zero-order valence-corrected chi connectivity index (χ0v) is 33.5. The van der Waals surface area contributed by atoms with Crippen LogP contribution in [0.4, 0.5) is 0 Å². The van der Waals surface area contributed by atoms with Crippen molar-refractivity contribution in [3.8, 4) is 74.0 Å². The van der Waals surface area contributed by atoms with Crippen molar-refractivity contribution in [2.75, 3.05) is 0 Å². The smallest absolute Gasteiger partial charge is 0.164 e. The minimum absolute atomic E-state index is 0.539. The highest BCUT2D eigenvalue weighted by atomic mass is 16.5. The molecule has 0 saturated carbocycles. The quantitative estimate of drug-likeness (QED) is 0.161. The maximum Gasteiger partial charge on any atom is 0.164 e. The average molecular weight is 793 g/mol. The van der Waals surface area contributed by atoms with Crippen LogP contribution in [0.15, 0.2) is 218 Å². The Kier molecular flexibility index (Phi) is 9.03. The van der Waals surface area contributed by atoms with E-state index in [0.717, 1.165) is 83.5 Å². The minimum Gasteiger partial charge on any atom is -0.456 e. The number of hydrogen-bond acceptors (Lipinski definition) is 5. The van der Waals surface area contributed by atoms with E-state index < -0.39 is 5.41 Å². The first-order valence-electron chi connectivity index (χ1n) is 20.7. The largest absolute Gasteiger partial charge is 0.456 e. The summed E-state index contributed by atoms with van der Waals surface area (Å²) in [5.74, 6) is 3.38. The van der Waals surface area contributed by atoms with Gasteiger partial charge in [-0.2, -0.15) is 5.26 Å². The first-order valence-corrected chi connectivity index (χ1v) is 20.7. The predicted molar refractivity (Wildman–Crippen MR) is 248 cm³/mol. The highest BCUT2D eigenvalue weighted by molar-refractivity contribution is 5.94. The molecule has 5 nitrogen and oxygen atoms in total. The third-order valence-electron chi connectivity index (χ3n) is 11.9. The first-order chi connectivity index (χ1) is 30.7. The number of benzene rings is 9. The van der Waals surface area contributed by atoms with Gasteiger partial charge in [0, 0.05) is 33.2 Å². The molecule has 5 heteroatoms. The maximum atomic E-state index is 9.43. The number of nitrogens with zero attached hydrogens (tertiary/aromatic N) is 4. The van der Waals surface area contributed by atoms with Crippen LogP contribution in [0.1, 0.15) is 27.8 Å². The molecule has 0 unspecified atom stereocenters. The van der Waals surface area contributed by atoms with Gasteiger partial charge in [0.05, 0.1) is 17.0 Å². The fourth-order valence-corrected chi connectivity index (χ4v) is 9.03. The molecule has 2 heterocycles. The molecule has 1 aromatic heterocycles. The molecule has 0 atom stereocenters. The summed E-state index contributed by atoms with van der Waals surface area (Å²) in [6.45, 7) is 0. The van der Waals surface area contributed by atoms with Gasteiger partial charge in [0.1, 0.15) is 11.5 Å². The standard InChI is InChI=1S/C57H36N4O/c58-37-38-29-31-41(32-30-38)55-59-54(40-16-4-1-5-17-40)60-56(61-55)45-21-13-19-43(36-45)42-18-12-20-44(35-42)48-27-14-28-51-52(48)57(46-22-6-2-7-23-46,47-24-8-3-9-25-47)50-34-33-39-15-10-11-26-49(39)53(50)62-51/h1-36H. The highest BCUT2D eigenvalue weighted by Crippen LogP contribution is 2.59. The summed E-state index contributed by atoms with van der Waals surface area (Å²) in [4.78, 5) is 14.9. The van der Waals surface area contributed by atoms with Gasteiger partial charge in [-0.1, -0.05) is 176 Å². The van der Waals surface area contributed by atoms with Crippen LogP contribution >= 0.6 is 0 Å². The Morgan fingerprint density at radius 3 is 1.60 bits per heavy atom. The van der Waals surface area contributed by atoms with Crippen molar-refractivity contribution < 1.29 is 4.74 Å². The summed E-state index contributed by atoms with van der Waals surface area (Å²) in [6, 6.07) is 77.7. The van der Waals surface area contributed by atoms with Crippen LogP contribution in [-0.2, 0) is 5.41 Å². The number of nitriles is 1. The Hall–Kier alpha value is -8.46. The molecule has 1 aliphatic rings. The molecule has 0 N–H and O–H groups in total. The SMILES string of the molecule is N#Cc1ccc(-c2nc(-c3ccccc3)nc(-c3cccc(-c4cccc(-c5cccc6c5C(c5ccccc5)(c5ccccc5)c5ccc7ccccc7c5O6)c4)c3)n2)cc1. The number of fused-ring (bicyclic) bond motifs is 4. The van der Waals surface area contributed by atoms with Crippen LogP contribution in [0.2, 0.25) is 0 Å². The number of hydrogen-bond donors (Lipinski definition) is 0. The molecular weight excluding hydrogens is 757 g/mol. The third-order valence-corrected chi connectivity index (χ3v) is 11.9. The lowest BCUT2D eigenvalue weighted by Gasteiger charge is -2.43. The van der Waals surface area contributed by atoms with Gasteiger partial charge < -0.3 is 4.74 Å². The zero-order chi connectivity index (χ0) is 41.5. The van der Waals surface area contributed by atoms with Crippen molar-refractivity contribution in [1.29, 1.82) is 5.26 Å². The lowest BCUT2D eigenvalue weighted by Crippen LogP contribution is -2.35. The van der Waals surface area contributed by atoms with E-state index in [1.54, 1.807) is 12.1 Å². The summed E-state index contributed by atoms with van der Waals surface area (Å²) in [6.07, 6.45) is 0. The summed E-state index contributed by atoms with van der Waals surface area (Å²) in [5, 5.41) is 11.6.